The SMILES string of the molecule is CC(=O)Nc1ccc(C(=O)CSc2nc(-c3cccs3)cc(C)c2C#N)cc1.CC(=O)Nc1ccc(C(=O)c2sc3nc(-c4cccs4)cc(C)c3c2N)cc1.CC[N+]1=CC(C)(C)c2c1ccc1ccccc21.C[P+](c1ccccc1)(c1ccccc1)c1ccccc1.C[n+]1ccc(-c2ccccc2)cc1.Cc1ccccc1-c1c2ccc(=[N+](C)C)cc-2oc2cc(N(C)C)ccc12.c1ccc(-c2cc3ccccc3[nH]2)cc1. The molecule has 2 aliphatic heterocycles. The van der Waals surface area contributed by atoms with E-state index < -0.39 is 7.26 Å². The first-order valence-electron chi connectivity index (χ1n) is 48.8. The van der Waals surface area contributed by atoms with E-state index in [-0.39, 0.29) is 34.5 Å². The Labute approximate surface area is 882 Å². The second kappa shape index (κ2) is 48.2. The third-order valence-electron chi connectivity index (χ3n) is 25.6. The van der Waals surface area contributed by atoms with Gasteiger partial charge in [-0.05, 0) is 248 Å². The molecular formula is C127H118N11O5PS4+4. The number of fused-ring (bicyclic) bond motifs is 7. The summed E-state index contributed by atoms with van der Waals surface area (Å²) in [7, 11) is 8.70. The Morgan fingerprint density at radius 2 is 1.08 bits per heavy atom. The number of hydrogen-bond acceptors (Lipinski definition) is 14. The van der Waals surface area contributed by atoms with E-state index in [1.165, 1.54) is 125 Å². The highest BCUT2D eigenvalue weighted by molar-refractivity contribution is 8.00. The Morgan fingerprint density at radius 3 is 1.64 bits per heavy atom. The number of benzene rings is 13. The van der Waals surface area contributed by atoms with Gasteiger partial charge in [-0.15, -0.1) is 34.0 Å². The zero-order valence-corrected chi connectivity index (χ0v) is 89.6. The summed E-state index contributed by atoms with van der Waals surface area (Å²) in [5, 5.41) is 30.8. The molecule has 148 heavy (non-hydrogen) atoms. The first-order chi connectivity index (χ1) is 71.6. The maximum atomic E-state index is 13.0. The van der Waals surface area contributed by atoms with E-state index in [0.29, 0.717) is 43.7 Å². The third-order valence-corrected chi connectivity index (χ3v) is 33.5. The summed E-state index contributed by atoms with van der Waals surface area (Å²) >= 11 is 5.79. The molecule has 21 heteroatoms. The highest BCUT2D eigenvalue weighted by atomic mass is 32.2. The molecule has 736 valence electrons. The first kappa shape index (κ1) is 105. The van der Waals surface area contributed by atoms with Crippen LogP contribution in [0.3, 0.4) is 0 Å². The van der Waals surface area contributed by atoms with Crippen molar-refractivity contribution in [3.8, 4) is 72.0 Å². The monoisotopic (exact) mass is 2040 g/mol. The van der Waals surface area contributed by atoms with Gasteiger partial charge >= 0.3 is 0 Å². The van der Waals surface area contributed by atoms with Crippen molar-refractivity contribution >= 4 is 170 Å². The molecule has 5 N–H and O–H groups in total. The number of H-pyrrole nitrogens is 1. The van der Waals surface area contributed by atoms with E-state index in [1.54, 1.807) is 71.2 Å². The average Bonchev–Trinajstić information content (AvgIpc) is 1.64. The number of aromatic nitrogens is 4. The molecule has 12 aromatic carbocycles. The largest absolute Gasteiger partial charge is 0.456 e. The molecule has 2 amide bonds. The van der Waals surface area contributed by atoms with Crippen LogP contribution in [0.5, 0.6) is 0 Å². The molecule has 16 nitrogen and oxygen atoms in total. The van der Waals surface area contributed by atoms with Gasteiger partial charge in [0.25, 0.3) is 0 Å². The van der Waals surface area contributed by atoms with E-state index in [2.05, 4.69) is 395 Å². The molecule has 0 unspecified atom stereocenters. The molecule has 0 saturated carbocycles. The number of aryl methyl sites for hydroxylation is 4. The number of para-hydroxylation sites is 1. The van der Waals surface area contributed by atoms with Crippen LogP contribution in [0, 0.1) is 32.1 Å². The molecule has 0 bridgehead atoms. The van der Waals surface area contributed by atoms with Gasteiger partial charge in [0.2, 0.25) is 28.6 Å². The minimum absolute atomic E-state index is 0.0655. The maximum absolute atomic E-state index is 13.0. The van der Waals surface area contributed by atoms with Gasteiger partial charge in [0, 0.05) is 131 Å². The summed E-state index contributed by atoms with van der Waals surface area (Å²) in [5.74, 6) is 0.551. The number of thioether (sulfide) groups is 1. The Kier molecular flexibility index (Phi) is 34.1. The summed E-state index contributed by atoms with van der Waals surface area (Å²) in [6.07, 6.45) is 6.47. The van der Waals surface area contributed by atoms with Gasteiger partial charge in [0.15, 0.2) is 24.4 Å². The normalized spacial score (nSPS) is 11.5. The number of rotatable bonds is 18. The smallest absolute Gasteiger partial charge is 0.221 e. The number of pyridine rings is 3. The number of nitrogens with two attached hydrogens (primary N) is 1. The lowest BCUT2D eigenvalue weighted by molar-refractivity contribution is -0.671. The van der Waals surface area contributed by atoms with Crippen molar-refractivity contribution in [1.82, 2.24) is 19.5 Å². The number of nitrogens with one attached hydrogen (secondary N) is 3. The van der Waals surface area contributed by atoms with Gasteiger partial charge in [0.05, 0.1) is 56.3 Å². The number of carbonyl (C=O) groups excluding carboxylic acids is 4. The van der Waals surface area contributed by atoms with Crippen LogP contribution in [0.25, 0.3) is 109 Å². The van der Waals surface area contributed by atoms with Crippen molar-refractivity contribution in [2.75, 3.05) is 68.4 Å². The minimum Gasteiger partial charge on any atom is -0.456 e. The Balaban J connectivity index is 0.000000125. The van der Waals surface area contributed by atoms with Crippen molar-refractivity contribution in [2.24, 2.45) is 7.05 Å². The number of anilines is 4. The van der Waals surface area contributed by atoms with Crippen LogP contribution in [-0.4, -0.2) is 96.3 Å². The Bertz CT molecular complexity index is 8250. The number of thiophene rings is 3. The van der Waals surface area contributed by atoms with Gasteiger partial charge in [-0.3, -0.25) is 19.2 Å². The number of Topliss-reactive ketones (excluding diaryl/α,β-unsaturated/α-hetero) is 1. The van der Waals surface area contributed by atoms with Crippen molar-refractivity contribution in [3.05, 3.63) is 448 Å². The number of nitrogens with zero attached hydrogens (tertiary/aromatic N) is 7. The Morgan fingerprint density at radius 1 is 0.547 bits per heavy atom. The molecule has 19 aromatic rings. The highest BCUT2D eigenvalue weighted by Crippen LogP contribution is 2.52. The summed E-state index contributed by atoms with van der Waals surface area (Å²) in [6, 6.07) is 130. The predicted molar refractivity (Wildman–Crippen MR) is 625 cm³/mol. The number of aromatic amines is 1. The highest BCUT2D eigenvalue weighted by Gasteiger charge is 2.41. The lowest BCUT2D eigenvalue weighted by Crippen LogP contribution is -2.30. The third kappa shape index (κ3) is 24.9. The maximum Gasteiger partial charge on any atom is 0.221 e. The lowest BCUT2D eigenvalue weighted by Gasteiger charge is -2.22. The summed E-state index contributed by atoms with van der Waals surface area (Å²) in [5.41, 5.74) is 29.2. The fraction of sp³-hybridized carbons (Fsp3) is 0.134. The van der Waals surface area contributed by atoms with Crippen molar-refractivity contribution in [3.63, 3.8) is 0 Å². The summed E-state index contributed by atoms with van der Waals surface area (Å²) < 4.78 is 12.9. The molecule has 9 heterocycles. The van der Waals surface area contributed by atoms with E-state index in [1.807, 2.05) is 90.8 Å². The lowest BCUT2D eigenvalue weighted by atomic mass is 9.84. The number of nitrogen functional groups attached to an aromatic ring is 1. The number of carbonyl (C=O) groups is 4. The molecular weight excluding hydrogens is 1920 g/mol. The van der Waals surface area contributed by atoms with Crippen LogP contribution in [0.4, 0.5) is 28.4 Å². The second-order valence-electron chi connectivity index (χ2n) is 37.0. The fourth-order valence-corrected chi connectivity index (χ4v) is 24.6. The summed E-state index contributed by atoms with van der Waals surface area (Å²) in [6.45, 7) is 19.2. The van der Waals surface area contributed by atoms with Crippen LogP contribution < -0.4 is 51.7 Å². The van der Waals surface area contributed by atoms with E-state index >= 15 is 0 Å². The zero-order valence-electron chi connectivity index (χ0n) is 85.4. The first-order valence-corrected chi connectivity index (χ1v) is 54.6. The Hall–Kier alpha value is -16.2. The number of nitriles is 1. The van der Waals surface area contributed by atoms with E-state index in [9.17, 15) is 24.4 Å². The van der Waals surface area contributed by atoms with Gasteiger partial charge < -0.3 is 30.7 Å². The van der Waals surface area contributed by atoms with Crippen LogP contribution >= 0.6 is 53.0 Å². The molecule has 0 saturated heterocycles. The van der Waals surface area contributed by atoms with Crippen LogP contribution in [-0.2, 0) is 22.1 Å². The standard InChI is InChI=1S/C24H25N2O.2C21H17N3O2S2.C19H18P.C16H18N.C14H11N.C12H12N/c1-16-8-6-7-9-19(16)24-20-12-10-17(25(2)3)14-22(20)27-23-15-18(26(4)5)11-13-21(23)24;1-11-10-15(16-4-3-9-27-16)24-21-17(11)18(22)20(28-21)19(26)13-5-7-14(8-6-13)23-12(2)25;1-13-10-18(20-4-3-9-27-20)24-21(17(13)11-22)28-12-19(26)15-5-7-16(8-6-15)23-14(2)25;1-20(17-11-5-2-6-12-17,18-13-7-3-8-14-18)19-15-9-4-10-16-19;1-4-17-11-16(2,3)15-13-8-6-5-7-12(13)9-10-14(15)17;1-2-6-11(7-3-1)14-10-12-8-4-5-9-13(12)15-14;1-13-9-7-12(8-10-13)11-5-3-2-4-6-11/h6-15H,1-5H3;3-10H,22H2,1-2H3,(H,23,25);3-10H,12H2,1-2H3,(H,23,25);2-16H,1H3;5-11H,4H2,1-3H3;1-10,15H;2-10H,1H3/q+1;;;2*+1;;+1. The van der Waals surface area contributed by atoms with Crippen LogP contribution in [0.15, 0.2) is 409 Å². The van der Waals surface area contributed by atoms with Gasteiger partial charge in [0.1, 0.15) is 83.0 Å². The number of hydrogen-bond donors (Lipinski definition) is 4. The van der Waals surface area contributed by atoms with Crippen molar-refractivity contribution in [1.29, 1.82) is 5.26 Å². The van der Waals surface area contributed by atoms with E-state index in [0.717, 1.165) is 82.4 Å². The predicted octanol–water partition coefficient (Wildman–Crippen LogP) is 28.1. The molecule has 0 atom stereocenters. The molecule has 0 fully saturated rings. The van der Waals surface area contributed by atoms with Crippen LogP contribution in [0.2, 0.25) is 0 Å². The van der Waals surface area contributed by atoms with Gasteiger partial charge in [-0.25, -0.2) is 23.7 Å². The molecule has 1 aliphatic carbocycles. The van der Waals surface area contributed by atoms with Gasteiger partial charge in [-0.2, -0.15) is 5.26 Å². The molecule has 3 aliphatic rings. The second-order valence-corrected chi connectivity index (χ2v) is 44.4. The number of ketones is 2. The zero-order chi connectivity index (χ0) is 104. The van der Waals surface area contributed by atoms with E-state index in [4.69, 9.17) is 15.1 Å². The molecule has 7 aromatic heterocycles. The van der Waals surface area contributed by atoms with Crippen LogP contribution in [0.1, 0.15) is 88.0 Å². The molecule has 0 spiro atoms. The molecule has 0 radical (unpaired) electrons. The van der Waals surface area contributed by atoms with Gasteiger partial charge in [-0.1, -0.05) is 206 Å². The quantitative estimate of drug-likeness (QED) is 0.0209. The fourth-order valence-electron chi connectivity index (χ4n) is 18.0. The van der Waals surface area contributed by atoms with Crippen molar-refractivity contribution < 1.29 is 32.7 Å². The average molecular weight is 2040 g/mol. The molecule has 22 rings (SSSR count). The topological polar surface area (TPSA) is 210 Å². The summed E-state index contributed by atoms with van der Waals surface area (Å²) in [4.78, 5) is 66.0. The minimum atomic E-state index is -1.53. The van der Waals surface area contributed by atoms with Crippen molar-refractivity contribution in [2.45, 2.75) is 65.8 Å². The number of amides is 2.